The van der Waals surface area contributed by atoms with Gasteiger partial charge in [-0.15, -0.1) is 0 Å². The van der Waals surface area contributed by atoms with Crippen molar-refractivity contribution in [3.63, 3.8) is 0 Å². The zero-order valence-corrected chi connectivity index (χ0v) is 9.35. The standard InChI is InChI=1S/C12H17F2N/c1-4-8(2)15-9(3)11-7-10(13)5-6-12(11)14/h5-9,15H,4H2,1-3H3/t8-,9+/m1/s1. The second-order valence-corrected chi connectivity index (χ2v) is 3.86. The van der Waals surface area contributed by atoms with Crippen LogP contribution in [0.4, 0.5) is 8.78 Å². The van der Waals surface area contributed by atoms with Gasteiger partial charge in [-0.3, -0.25) is 0 Å². The molecule has 0 saturated carbocycles. The Labute approximate surface area is 89.5 Å². The molecule has 0 aliphatic heterocycles. The minimum atomic E-state index is -0.399. The molecule has 15 heavy (non-hydrogen) atoms. The predicted molar refractivity (Wildman–Crippen MR) is 57.7 cm³/mol. The lowest BCUT2D eigenvalue weighted by atomic mass is 10.1. The Hall–Kier alpha value is -0.960. The number of rotatable bonds is 4. The van der Waals surface area contributed by atoms with Crippen LogP contribution in [-0.4, -0.2) is 6.04 Å². The van der Waals surface area contributed by atoms with E-state index < -0.39 is 5.82 Å². The minimum Gasteiger partial charge on any atom is -0.308 e. The highest BCUT2D eigenvalue weighted by atomic mass is 19.1. The van der Waals surface area contributed by atoms with Crippen LogP contribution in [0.5, 0.6) is 0 Å². The summed E-state index contributed by atoms with van der Waals surface area (Å²) in [5.41, 5.74) is 0.385. The predicted octanol–water partition coefficient (Wildman–Crippen LogP) is 3.41. The fraction of sp³-hybridized carbons (Fsp3) is 0.500. The molecule has 1 nitrogen and oxygen atoms in total. The van der Waals surface area contributed by atoms with E-state index in [1.807, 2.05) is 20.8 Å². The fourth-order valence-corrected chi connectivity index (χ4v) is 1.48. The van der Waals surface area contributed by atoms with Crippen molar-refractivity contribution in [2.45, 2.75) is 39.3 Å². The molecule has 1 aromatic carbocycles. The van der Waals surface area contributed by atoms with E-state index in [-0.39, 0.29) is 11.9 Å². The third-order valence-corrected chi connectivity index (χ3v) is 2.57. The van der Waals surface area contributed by atoms with Gasteiger partial charge < -0.3 is 5.32 Å². The second kappa shape index (κ2) is 5.21. The maximum Gasteiger partial charge on any atom is 0.128 e. The fourth-order valence-electron chi connectivity index (χ4n) is 1.48. The number of benzene rings is 1. The van der Waals surface area contributed by atoms with Gasteiger partial charge in [0.2, 0.25) is 0 Å². The molecule has 1 rings (SSSR count). The van der Waals surface area contributed by atoms with Crippen molar-refractivity contribution in [1.82, 2.24) is 5.32 Å². The number of halogens is 2. The highest BCUT2D eigenvalue weighted by molar-refractivity contribution is 5.21. The molecular formula is C12H17F2N. The maximum absolute atomic E-state index is 13.4. The molecule has 0 spiro atoms. The van der Waals surface area contributed by atoms with E-state index in [0.29, 0.717) is 11.6 Å². The molecule has 0 heterocycles. The van der Waals surface area contributed by atoms with Crippen molar-refractivity contribution >= 4 is 0 Å². The van der Waals surface area contributed by atoms with Gasteiger partial charge in [0.1, 0.15) is 11.6 Å². The third-order valence-electron chi connectivity index (χ3n) is 2.57. The van der Waals surface area contributed by atoms with Crippen LogP contribution >= 0.6 is 0 Å². The molecule has 0 saturated heterocycles. The monoisotopic (exact) mass is 213 g/mol. The van der Waals surface area contributed by atoms with E-state index in [9.17, 15) is 8.78 Å². The van der Waals surface area contributed by atoms with Gasteiger partial charge in [-0.25, -0.2) is 8.78 Å². The number of hydrogen-bond donors (Lipinski definition) is 1. The summed E-state index contributed by atoms with van der Waals surface area (Å²) in [5.74, 6) is -0.760. The normalized spacial score (nSPS) is 15.0. The van der Waals surface area contributed by atoms with E-state index in [2.05, 4.69) is 5.32 Å². The summed E-state index contributed by atoms with van der Waals surface area (Å²) in [6, 6.07) is 3.67. The number of nitrogens with one attached hydrogen (secondary N) is 1. The lowest BCUT2D eigenvalue weighted by Gasteiger charge is -2.19. The molecule has 0 aliphatic rings. The van der Waals surface area contributed by atoms with Gasteiger partial charge in [-0.05, 0) is 38.5 Å². The van der Waals surface area contributed by atoms with Crippen LogP contribution < -0.4 is 5.32 Å². The zero-order valence-electron chi connectivity index (χ0n) is 9.35. The molecule has 0 bridgehead atoms. The van der Waals surface area contributed by atoms with Crippen LogP contribution in [0.3, 0.4) is 0 Å². The first kappa shape index (κ1) is 12.1. The van der Waals surface area contributed by atoms with E-state index in [4.69, 9.17) is 0 Å². The maximum atomic E-state index is 13.4. The Morgan fingerprint density at radius 3 is 2.53 bits per heavy atom. The van der Waals surface area contributed by atoms with Crippen molar-refractivity contribution in [2.75, 3.05) is 0 Å². The Morgan fingerprint density at radius 2 is 1.93 bits per heavy atom. The summed E-state index contributed by atoms with van der Waals surface area (Å²) in [4.78, 5) is 0. The quantitative estimate of drug-likeness (QED) is 0.808. The Kier molecular flexibility index (Phi) is 4.21. The van der Waals surface area contributed by atoms with Gasteiger partial charge in [0.25, 0.3) is 0 Å². The first-order chi connectivity index (χ1) is 7.04. The van der Waals surface area contributed by atoms with Gasteiger partial charge in [-0.2, -0.15) is 0 Å². The minimum absolute atomic E-state index is 0.171. The SMILES string of the molecule is CC[C@@H](C)N[C@@H](C)c1cc(F)ccc1F. The van der Waals surface area contributed by atoms with Crippen molar-refractivity contribution in [1.29, 1.82) is 0 Å². The second-order valence-electron chi connectivity index (χ2n) is 3.86. The molecule has 0 radical (unpaired) electrons. The summed E-state index contributed by atoms with van der Waals surface area (Å²) in [6.45, 7) is 5.91. The Balaban J connectivity index is 2.80. The molecule has 0 fully saturated rings. The average molecular weight is 213 g/mol. The summed E-state index contributed by atoms with van der Waals surface area (Å²) in [6.07, 6.45) is 0.960. The average Bonchev–Trinajstić information content (AvgIpc) is 2.21. The largest absolute Gasteiger partial charge is 0.308 e. The van der Waals surface area contributed by atoms with Gasteiger partial charge in [-0.1, -0.05) is 6.92 Å². The topological polar surface area (TPSA) is 12.0 Å². The van der Waals surface area contributed by atoms with Crippen molar-refractivity contribution in [2.24, 2.45) is 0 Å². The summed E-state index contributed by atoms with van der Waals surface area (Å²) in [7, 11) is 0. The molecule has 0 aromatic heterocycles. The van der Waals surface area contributed by atoms with Crippen LogP contribution in [-0.2, 0) is 0 Å². The van der Waals surface area contributed by atoms with E-state index in [1.54, 1.807) is 0 Å². The van der Waals surface area contributed by atoms with Crippen molar-refractivity contribution in [3.8, 4) is 0 Å². The molecule has 1 N–H and O–H groups in total. The van der Waals surface area contributed by atoms with Crippen molar-refractivity contribution < 1.29 is 8.78 Å². The van der Waals surface area contributed by atoms with E-state index in [0.717, 1.165) is 12.5 Å². The first-order valence-electron chi connectivity index (χ1n) is 5.25. The summed E-state index contributed by atoms with van der Waals surface area (Å²) in [5, 5.41) is 3.21. The zero-order chi connectivity index (χ0) is 11.4. The molecule has 0 amide bonds. The summed E-state index contributed by atoms with van der Waals surface area (Å²) >= 11 is 0. The smallest absolute Gasteiger partial charge is 0.128 e. The lowest BCUT2D eigenvalue weighted by molar-refractivity contribution is 0.451. The molecule has 1 aromatic rings. The van der Waals surface area contributed by atoms with E-state index >= 15 is 0 Å². The highest BCUT2D eigenvalue weighted by Crippen LogP contribution is 2.18. The van der Waals surface area contributed by atoms with Crippen LogP contribution in [0.25, 0.3) is 0 Å². The molecule has 3 heteroatoms. The lowest BCUT2D eigenvalue weighted by Crippen LogP contribution is -2.28. The Morgan fingerprint density at radius 1 is 1.27 bits per heavy atom. The van der Waals surface area contributed by atoms with Crippen LogP contribution in [0.15, 0.2) is 18.2 Å². The molecule has 84 valence electrons. The van der Waals surface area contributed by atoms with Gasteiger partial charge >= 0.3 is 0 Å². The summed E-state index contributed by atoms with van der Waals surface area (Å²) < 4.78 is 26.3. The molecular weight excluding hydrogens is 196 g/mol. The van der Waals surface area contributed by atoms with Crippen LogP contribution in [0.2, 0.25) is 0 Å². The molecule has 2 atom stereocenters. The van der Waals surface area contributed by atoms with Crippen molar-refractivity contribution in [3.05, 3.63) is 35.4 Å². The number of hydrogen-bond acceptors (Lipinski definition) is 1. The van der Waals surface area contributed by atoms with Crippen LogP contribution in [0.1, 0.15) is 38.8 Å². The van der Waals surface area contributed by atoms with E-state index in [1.165, 1.54) is 12.1 Å². The van der Waals surface area contributed by atoms with Gasteiger partial charge in [0, 0.05) is 17.6 Å². The molecule has 0 unspecified atom stereocenters. The van der Waals surface area contributed by atoms with Crippen LogP contribution in [0, 0.1) is 11.6 Å². The van der Waals surface area contributed by atoms with Gasteiger partial charge in [0.15, 0.2) is 0 Å². The third kappa shape index (κ3) is 3.27. The highest BCUT2D eigenvalue weighted by Gasteiger charge is 2.13. The Bertz CT molecular complexity index is 325. The molecule has 0 aliphatic carbocycles. The first-order valence-corrected chi connectivity index (χ1v) is 5.25. The van der Waals surface area contributed by atoms with Gasteiger partial charge in [0.05, 0.1) is 0 Å².